The standard InChI is InChI=1S/C14H16BrF2NO/c15-11-4-2-1-3-5-13(11)18-14(19)10-8-9(16)6-7-12(10)17/h6-8,11,13H,1-5H2,(H,18,19). The van der Waals surface area contributed by atoms with Gasteiger partial charge in [0.25, 0.3) is 5.91 Å². The van der Waals surface area contributed by atoms with Crippen LogP contribution >= 0.6 is 15.9 Å². The van der Waals surface area contributed by atoms with Gasteiger partial charge < -0.3 is 5.32 Å². The second-order valence-electron chi connectivity index (χ2n) is 4.86. The zero-order chi connectivity index (χ0) is 13.8. The van der Waals surface area contributed by atoms with Crippen molar-refractivity contribution >= 4 is 21.8 Å². The van der Waals surface area contributed by atoms with Gasteiger partial charge in [-0.05, 0) is 31.0 Å². The average molecular weight is 332 g/mol. The van der Waals surface area contributed by atoms with Crippen molar-refractivity contribution < 1.29 is 13.6 Å². The van der Waals surface area contributed by atoms with Crippen LogP contribution < -0.4 is 5.32 Å². The lowest BCUT2D eigenvalue weighted by Crippen LogP contribution is -2.40. The van der Waals surface area contributed by atoms with Gasteiger partial charge in [-0.3, -0.25) is 4.79 Å². The van der Waals surface area contributed by atoms with Crippen molar-refractivity contribution in [2.75, 3.05) is 0 Å². The van der Waals surface area contributed by atoms with Crippen LogP contribution in [0.25, 0.3) is 0 Å². The molecule has 5 heteroatoms. The number of nitrogens with one attached hydrogen (secondary N) is 1. The summed E-state index contributed by atoms with van der Waals surface area (Å²) >= 11 is 3.56. The first-order valence-corrected chi connectivity index (χ1v) is 7.39. The minimum Gasteiger partial charge on any atom is -0.348 e. The molecule has 1 aromatic carbocycles. The zero-order valence-electron chi connectivity index (χ0n) is 10.5. The molecule has 0 radical (unpaired) electrons. The van der Waals surface area contributed by atoms with Crippen LogP contribution in [0.4, 0.5) is 8.78 Å². The lowest BCUT2D eigenvalue weighted by Gasteiger charge is -2.21. The molecule has 104 valence electrons. The van der Waals surface area contributed by atoms with Crippen molar-refractivity contribution in [2.24, 2.45) is 0 Å². The predicted molar refractivity (Wildman–Crippen MR) is 73.4 cm³/mol. The maximum absolute atomic E-state index is 13.5. The molecule has 1 aliphatic carbocycles. The van der Waals surface area contributed by atoms with Crippen molar-refractivity contribution in [3.8, 4) is 0 Å². The summed E-state index contributed by atoms with van der Waals surface area (Å²) < 4.78 is 26.6. The van der Waals surface area contributed by atoms with Crippen LogP contribution in [0, 0.1) is 11.6 Å². The number of hydrogen-bond acceptors (Lipinski definition) is 1. The van der Waals surface area contributed by atoms with Gasteiger partial charge in [0.2, 0.25) is 0 Å². The van der Waals surface area contributed by atoms with Crippen LogP contribution in [0.5, 0.6) is 0 Å². The van der Waals surface area contributed by atoms with Gasteiger partial charge in [0.05, 0.1) is 5.56 Å². The van der Waals surface area contributed by atoms with Gasteiger partial charge in [-0.1, -0.05) is 35.2 Å². The number of rotatable bonds is 2. The number of alkyl halides is 1. The third kappa shape index (κ3) is 3.75. The summed E-state index contributed by atoms with van der Waals surface area (Å²) in [6, 6.07) is 2.89. The molecule has 0 spiro atoms. The largest absolute Gasteiger partial charge is 0.348 e. The van der Waals surface area contributed by atoms with E-state index in [0.717, 1.165) is 50.3 Å². The molecule has 0 bridgehead atoms. The highest BCUT2D eigenvalue weighted by Gasteiger charge is 2.24. The van der Waals surface area contributed by atoms with E-state index in [1.54, 1.807) is 0 Å². The highest BCUT2D eigenvalue weighted by molar-refractivity contribution is 9.09. The van der Waals surface area contributed by atoms with E-state index in [1.807, 2.05) is 0 Å². The minimum atomic E-state index is -0.696. The first kappa shape index (κ1) is 14.4. The van der Waals surface area contributed by atoms with Crippen molar-refractivity contribution in [3.63, 3.8) is 0 Å². The van der Waals surface area contributed by atoms with Gasteiger partial charge in [0.15, 0.2) is 0 Å². The second kappa shape index (κ2) is 6.46. The monoisotopic (exact) mass is 331 g/mol. The van der Waals surface area contributed by atoms with Crippen LogP contribution in [0.3, 0.4) is 0 Å². The molecule has 1 N–H and O–H groups in total. The molecule has 1 amide bonds. The molecule has 0 heterocycles. The van der Waals surface area contributed by atoms with Gasteiger partial charge >= 0.3 is 0 Å². The summed E-state index contributed by atoms with van der Waals surface area (Å²) in [5, 5.41) is 2.80. The van der Waals surface area contributed by atoms with Crippen LogP contribution in [0.1, 0.15) is 42.5 Å². The Balaban J connectivity index is 2.09. The fourth-order valence-electron chi connectivity index (χ4n) is 2.34. The van der Waals surface area contributed by atoms with Crippen molar-refractivity contribution in [2.45, 2.75) is 43.0 Å². The third-order valence-electron chi connectivity index (χ3n) is 3.42. The number of amides is 1. The molecular weight excluding hydrogens is 316 g/mol. The minimum absolute atomic E-state index is 0.0299. The molecule has 1 aliphatic rings. The normalized spacial score (nSPS) is 23.7. The molecule has 1 fully saturated rings. The first-order valence-electron chi connectivity index (χ1n) is 6.48. The third-order valence-corrected chi connectivity index (χ3v) is 4.52. The fraction of sp³-hybridized carbons (Fsp3) is 0.500. The molecule has 1 saturated carbocycles. The van der Waals surface area contributed by atoms with Gasteiger partial charge in [-0.25, -0.2) is 8.78 Å². The van der Waals surface area contributed by atoms with E-state index >= 15 is 0 Å². The highest BCUT2D eigenvalue weighted by atomic mass is 79.9. The van der Waals surface area contributed by atoms with Crippen molar-refractivity contribution in [1.82, 2.24) is 5.32 Å². The maximum atomic E-state index is 13.5. The first-order chi connectivity index (χ1) is 9.08. The molecule has 2 atom stereocenters. The van der Waals surface area contributed by atoms with Gasteiger partial charge in [-0.15, -0.1) is 0 Å². The smallest absolute Gasteiger partial charge is 0.254 e. The second-order valence-corrected chi connectivity index (χ2v) is 6.03. The highest BCUT2D eigenvalue weighted by Crippen LogP contribution is 2.24. The summed E-state index contributed by atoms with van der Waals surface area (Å²) in [6.07, 6.45) is 5.15. The number of benzene rings is 1. The van der Waals surface area contributed by atoms with Crippen LogP contribution in [-0.4, -0.2) is 16.8 Å². The quantitative estimate of drug-likeness (QED) is 0.648. The molecule has 2 unspecified atom stereocenters. The summed E-state index contributed by atoms with van der Waals surface area (Å²) in [5.74, 6) is -1.85. The summed E-state index contributed by atoms with van der Waals surface area (Å²) in [4.78, 5) is 12.2. The Hall–Kier alpha value is -0.970. The van der Waals surface area contributed by atoms with E-state index in [0.29, 0.717) is 0 Å². The Morgan fingerprint density at radius 1 is 1.21 bits per heavy atom. The van der Waals surface area contributed by atoms with Crippen LogP contribution in [-0.2, 0) is 0 Å². The summed E-state index contributed by atoms with van der Waals surface area (Å²) in [5.41, 5.74) is -0.232. The molecule has 0 aromatic heterocycles. The predicted octanol–water partition coefficient (Wildman–Crippen LogP) is 3.79. The van der Waals surface area contributed by atoms with E-state index in [1.165, 1.54) is 0 Å². The summed E-state index contributed by atoms with van der Waals surface area (Å²) in [6.45, 7) is 0. The molecular formula is C14H16BrF2NO. The Labute approximate surface area is 119 Å². The van der Waals surface area contributed by atoms with Gasteiger partial charge in [0, 0.05) is 10.9 Å². The van der Waals surface area contributed by atoms with E-state index in [2.05, 4.69) is 21.2 Å². The Bertz CT molecular complexity index is 467. The number of hydrogen-bond donors (Lipinski definition) is 1. The van der Waals surface area contributed by atoms with Crippen LogP contribution in [0.2, 0.25) is 0 Å². The average Bonchev–Trinajstić information content (AvgIpc) is 2.58. The lowest BCUT2D eigenvalue weighted by atomic mass is 10.1. The van der Waals surface area contributed by atoms with E-state index in [4.69, 9.17) is 0 Å². The number of carbonyl (C=O) groups is 1. The molecule has 2 rings (SSSR count). The number of halogens is 3. The Morgan fingerprint density at radius 2 is 1.95 bits per heavy atom. The van der Waals surface area contributed by atoms with Crippen molar-refractivity contribution in [3.05, 3.63) is 35.4 Å². The Morgan fingerprint density at radius 3 is 2.74 bits per heavy atom. The molecule has 0 aliphatic heterocycles. The molecule has 2 nitrogen and oxygen atoms in total. The lowest BCUT2D eigenvalue weighted by molar-refractivity contribution is 0.0930. The zero-order valence-corrected chi connectivity index (χ0v) is 12.1. The molecule has 19 heavy (non-hydrogen) atoms. The SMILES string of the molecule is O=C(NC1CCCCCC1Br)c1cc(F)ccc1F. The molecule has 0 saturated heterocycles. The van der Waals surface area contributed by atoms with Gasteiger partial charge in [0.1, 0.15) is 11.6 Å². The van der Waals surface area contributed by atoms with Crippen molar-refractivity contribution in [1.29, 1.82) is 0 Å². The molecule has 1 aromatic rings. The van der Waals surface area contributed by atoms with E-state index in [9.17, 15) is 13.6 Å². The van der Waals surface area contributed by atoms with Crippen LogP contribution in [0.15, 0.2) is 18.2 Å². The van der Waals surface area contributed by atoms with E-state index in [-0.39, 0.29) is 16.4 Å². The topological polar surface area (TPSA) is 29.1 Å². The maximum Gasteiger partial charge on any atom is 0.254 e. The van der Waals surface area contributed by atoms with E-state index < -0.39 is 17.5 Å². The Kier molecular flexibility index (Phi) is 4.91. The van der Waals surface area contributed by atoms with Gasteiger partial charge in [-0.2, -0.15) is 0 Å². The number of carbonyl (C=O) groups excluding carboxylic acids is 1. The fourth-order valence-corrected chi connectivity index (χ4v) is 3.06. The summed E-state index contributed by atoms with van der Waals surface area (Å²) in [7, 11) is 0.